The fourth-order valence-electron chi connectivity index (χ4n) is 2.17. The van der Waals surface area contributed by atoms with Crippen LogP contribution in [-0.2, 0) is 0 Å². The molecule has 0 radical (unpaired) electrons. The standard InChI is InChI=1S/C18H20O4/c1-20-16-7-5-14(6-8-16)15(12-19)10-13-4-9-17(21-2)18(11-13)22-3/h4-11,19H,12H2,1-3H3. The van der Waals surface area contributed by atoms with Crippen molar-refractivity contribution in [3.8, 4) is 17.2 Å². The van der Waals surface area contributed by atoms with E-state index in [0.717, 1.165) is 22.4 Å². The molecule has 0 atom stereocenters. The predicted molar refractivity (Wildman–Crippen MR) is 87.5 cm³/mol. The summed E-state index contributed by atoms with van der Waals surface area (Å²) in [5.41, 5.74) is 2.69. The molecular formula is C18H20O4. The average Bonchev–Trinajstić information content (AvgIpc) is 2.59. The van der Waals surface area contributed by atoms with Crippen molar-refractivity contribution in [1.29, 1.82) is 0 Å². The summed E-state index contributed by atoms with van der Waals surface area (Å²) in [6.45, 7) is -0.0549. The van der Waals surface area contributed by atoms with Gasteiger partial charge in [-0.15, -0.1) is 0 Å². The molecule has 0 aliphatic rings. The first kappa shape index (κ1) is 15.9. The van der Waals surface area contributed by atoms with Crippen molar-refractivity contribution >= 4 is 11.6 Å². The lowest BCUT2D eigenvalue weighted by Gasteiger charge is -2.09. The summed E-state index contributed by atoms with van der Waals surface area (Å²) in [4.78, 5) is 0. The third-order valence-electron chi connectivity index (χ3n) is 3.38. The fourth-order valence-corrected chi connectivity index (χ4v) is 2.17. The zero-order valence-corrected chi connectivity index (χ0v) is 13.0. The van der Waals surface area contributed by atoms with E-state index in [1.807, 2.05) is 48.5 Å². The number of aliphatic hydroxyl groups excluding tert-OH is 1. The maximum Gasteiger partial charge on any atom is 0.161 e. The van der Waals surface area contributed by atoms with Crippen LogP contribution in [0.1, 0.15) is 11.1 Å². The maximum atomic E-state index is 9.64. The highest BCUT2D eigenvalue weighted by Gasteiger charge is 2.06. The summed E-state index contributed by atoms with van der Waals surface area (Å²) in [7, 11) is 4.83. The number of hydrogen-bond donors (Lipinski definition) is 1. The van der Waals surface area contributed by atoms with Gasteiger partial charge in [-0.2, -0.15) is 0 Å². The molecule has 0 fully saturated rings. The van der Waals surface area contributed by atoms with Crippen LogP contribution in [0.15, 0.2) is 42.5 Å². The molecule has 4 heteroatoms. The third kappa shape index (κ3) is 3.59. The van der Waals surface area contributed by atoms with Crippen molar-refractivity contribution in [2.24, 2.45) is 0 Å². The number of hydrogen-bond acceptors (Lipinski definition) is 4. The Morgan fingerprint density at radius 1 is 0.909 bits per heavy atom. The number of aliphatic hydroxyl groups is 1. The van der Waals surface area contributed by atoms with Crippen molar-refractivity contribution in [3.63, 3.8) is 0 Å². The van der Waals surface area contributed by atoms with E-state index in [0.29, 0.717) is 11.5 Å². The summed E-state index contributed by atoms with van der Waals surface area (Å²) < 4.78 is 15.7. The Labute approximate surface area is 130 Å². The van der Waals surface area contributed by atoms with E-state index in [1.165, 1.54) is 0 Å². The van der Waals surface area contributed by atoms with E-state index < -0.39 is 0 Å². The second-order valence-corrected chi connectivity index (χ2v) is 4.67. The monoisotopic (exact) mass is 300 g/mol. The van der Waals surface area contributed by atoms with Crippen LogP contribution in [0, 0.1) is 0 Å². The van der Waals surface area contributed by atoms with Crippen LogP contribution >= 0.6 is 0 Å². The molecule has 4 nitrogen and oxygen atoms in total. The minimum atomic E-state index is -0.0549. The van der Waals surface area contributed by atoms with Gasteiger partial charge in [0.2, 0.25) is 0 Å². The smallest absolute Gasteiger partial charge is 0.161 e. The van der Waals surface area contributed by atoms with Crippen LogP contribution in [-0.4, -0.2) is 33.0 Å². The Hall–Kier alpha value is -2.46. The first-order chi connectivity index (χ1) is 10.7. The topological polar surface area (TPSA) is 47.9 Å². The Morgan fingerprint density at radius 2 is 1.59 bits per heavy atom. The SMILES string of the molecule is COc1ccc(C(=Cc2ccc(OC)c(OC)c2)CO)cc1. The largest absolute Gasteiger partial charge is 0.497 e. The summed E-state index contributed by atoms with van der Waals surface area (Å²) in [6, 6.07) is 13.2. The Bertz CT molecular complexity index is 645. The Kier molecular flexibility index (Phi) is 5.44. The van der Waals surface area contributed by atoms with E-state index in [9.17, 15) is 5.11 Å². The van der Waals surface area contributed by atoms with Gasteiger partial charge in [0.25, 0.3) is 0 Å². The van der Waals surface area contributed by atoms with Gasteiger partial charge in [-0.25, -0.2) is 0 Å². The average molecular weight is 300 g/mol. The van der Waals surface area contributed by atoms with E-state index in [-0.39, 0.29) is 6.61 Å². The van der Waals surface area contributed by atoms with Crippen LogP contribution in [0.3, 0.4) is 0 Å². The van der Waals surface area contributed by atoms with Crippen LogP contribution in [0.25, 0.3) is 11.6 Å². The molecular weight excluding hydrogens is 280 g/mol. The second kappa shape index (κ2) is 7.52. The molecule has 0 aliphatic heterocycles. The second-order valence-electron chi connectivity index (χ2n) is 4.67. The van der Waals surface area contributed by atoms with Crippen molar-refractivity contribution in [1.82, 2.24) is 0 Å². The summed E-state index contributed by atoms with van der Waals surface area (Å²) in [6.07, 6.45) is 1.92. The van der Waals surface area contributed by atoms with E-state index in [4.69, 9.17) is 14.2 Å². The first-order valence-electron chi connectivity index (χ1n) is 6.89. The van der Waals surface area contributed by atoms with Gasteiger partial charge in [-0.05, 0) is 47.0 Å². The van der Waals surface area contributed by atoms with Crippen molar-refractivity contribution < 1.29 is 19.3 Å². The van der Waals surface area contributed by atoms with Crippen LogP contribution in [0.4, 0.5) is 0 Å². The molecule has 0 heterocycles. The van der Waals surface area contributed by atoms with Crippen molar-refractivity contribution in [3.05, 3.63) is 53.6 Å². The van der Waals surface area contributed by atoms with Gasteiger partial charge in [0.15, 0.2) is 11.5 Å². The normalized spacial score (nSPS) is 11.2. The fraction of sp³-hybridized carbons (Fsp3) is 0.222. The zero-order valence-electron chi connectivity index (χ0n) is 13.0. The predicted octanol–water partition coefficient (Wildman–Crippen LogP) is 3.25. The Balaban J connectivity index is 2.35. The molecule has 0 aliphatic carbocycles. The molecule has 2 rings (SSSR count). The molecule has 0 saturated carbocycles. The van der Waals surface area contributed by atoms with Gasteiger partial charge in [0.1, 0.15) is 5.75 Å². The molecule has 116 valence electrons. The Morgan fingerprint density at radius 3 is 2.14 bits per heavy atom. The quantitative estimate of drug-likeness (QED) is 0.832. The van der Waals surface area contributed by atoms with Gasteiger partial charge >= 0.3 is 0 Å². The highest BCUT2D eigenvalue weighted by Crippen LogP contribution is 2.29. The molecule has 0 aromatic heterocycles. The van der Waals surface area contributed by atoms with Gasteiger partial charge in [-0.1, -0.05) is 18.2 Å². The van der Waals surface area contributed by atoms with Gasteiger partial charge in [0.05, 0.1) is 27.9 Å². The highest BCUT2D eigenvalue weighted by molar-refractivity contribution is 5.82. The molecule has 0 amide bonds. The molecule has 0 saturated heterocycles. The first-order valence-corrected chi connectivity index (χ1v) is 6.89. The lowest BCUT2D eigenvalue weighted by atomic mass is 10.0. The lowest BCUT2D eigenvalue weighted by molar-refractivity contribution is 0.350. The van der Waals surface area contributed by atoms with E-state index >= 15 is 0 Å². The van der Waals surface area contributed by atoms with Crippen LogP contribution in [0.2, 0.25) is 0 Å². The van der Waals surface area contributed by atoms with Crippen molar-refractivity contribution in [2.45, 2.75) is 0 Å². The molecule has 0 bridgehead atoms. The molecule has 2 aromatic carbocycles. The van der Waals surface area contributed by atoms with Gasteiger partial charge < -0.3 is 19.3 Å². The highest BCUT2D eigenvalue weighted by atomic mass is 16.5. The van der Waals surface area contributed by atoms with Crippen molar-refractivity contribution in [2.75, 3.05) is 27.9 Å². The molecule has 1 N–H and O–H groups in total. The molecule has 22 heavy (non-hydrogen) atoms. The van der Waals surface area contributed by atoms with Gasteiger partial charge in [-0.3, -0.25) is 0 Å². The lowest BCUT2D eigenvalue weighted by Crippen LogP contribution is -1.93. The number of benzene rings is 2. The molecule has 0 spiro atoms. The van der Waals surface area contributed by atoms with Gasteiger partial charge in [0, 0.05) is 0 Å². The summed E-state index contributed by atoms with van der Waals surface area (Å²) in [5, 5.41) is 9.64. The number of methoxy groups -OCH3 is 3. The van der Waals surface area contributed by atoms with Crippen LogP contribution < -0.4 is 14.2 Å². The molecule has 2 aromatic rings. The summed E-state index contributed by atoms with van der Waals surface area (Å²) in [5.74, 6) is 2.12. The molecule has 0 unspecified atom stereocenters. The van der Waals surface area contributed by atoms with E-state index in [2.05, 4.69) is 0 Å². The minimum Gasteiger partial charge on any atom is -0.497 e. The number of ether oxygens (including phenoxy) is 3. The summed E-state index contributed by atoms with van der Waals surface area (Å²) >= 11 is 0. The number of rotatable bonds is 6. The van der Waals surface area contributed by atoms with Crippen LogP contribution in [0.5, 0.6) is 17.2 Å². The maximum absolute atomic E-state index is 9.64. The van der Waals surface area contributed by atoms with E-state index in [1.54, 1.807) is 21.3 Å². The minimum absolute atomic E-state index is 0.0549. The third-order valence-corrected chi connectivity index (χ3v) is 3.38. The zero-order chi connectivity index (χ0) is 15.9.